The normalized spacial score (nSPS) is 16.8. The van der Waals surface area contributed by atoms with E-state index in [0.717, 1.165) is 41.0 Å². The molecule has 1 aliphatic rings. The fourth-order valence-electron chi connectivity index (χ4n) is 4.07. The molecule has 8 heteroatoms. The van der Waals surface area contributed by atoms with Crippen LogP contribution in [0.25, 0.3) is 33.5 Å². The summed E-state index contributed by atoms with van der Waals surface area (Å²) >= 11 is 0. The van der Waals surface area contributed by atoms with Crippen LogP contribution >= 0.6 is 0 Å². The molecule has 1 saturated heterocycles. The van der Waals surface area contributed by atoms with Crippen LogP contribution in [0, 0.1) is 0 Å². The van der Waals surface area contributed by atoms with Crippen LogP contribution in [0.5, 0.6) is 0 Å². The highest BCUT2D eigenvalue weighted by molar-refractivity contribution is 5.89. The number of aromatic amines is 1. The molecule has 1 aromatic carbocycles. The number of H-pyrrole nitrogens is 1. The molecule has 1 aliphatic heterocycles. The van der Waals surface area contributed by atoms with E-state index in [4.69, 9.17) is 4.98 Å². The van der Waals surface area contributed by atoms with Gasteiger partial charge in [0.05, 0.1) is 0 Å². The van der Waals surface area contributed by atoms with Gasteiger partial charge in [-0.25, -0.2) is 15.0 Å². The van der Waals surface area contributed by atoms with Gasteiger partial charge in [0.25, 0.3) is 0 Å². The molecular weight excluding hydrogens is 366 g/mol. The molecule has 3 aromatic heterocycles. The van der Waals surface area contributed by atoms with Crippen molar-refractivity contribution in [3.05, 3.63) is 36.8 Å². The van der Waals surface area contributed by atoms with Crippen LogP contribution in [0.15, 0.2) is 36.8 Å². The first-order chi connectivity index (χ1) is 14.1. The lowest BCUT2D eigenvalue weighted by Gasteiger charge is -2.16. The zero-order chi connectivity index (χ0) is 20.0. The molecule has 5 rings (SSSR count). The maximum Gasteiger partial charge on any atom is 0.222 e. The van der Waals surface area contributed by atoms with Gasteiger partial charge in [-0.3, -0.25) is 4.79 Å². The van der Waals surface area contributed by atoms with E-state index in [2.05, 4.69) is 44.5 Å². The summed E-state index contributed by atoms with van der Waals surface area (Å²) < 4.78 is 1.99. The van der Waals surface area contributed by atoms with Gasteiger partial charge in [0, 0.05) is 49.9 Å². The van der Waals surface area contributed by atoms with Crippen molar-refractivity contribution in [2.24, 2.45) is 7.05 Å². The SMILES string of the molecule is CCC(=O)N1CCC(Nc2ncnc3c2nc(-c2ccc4cc[nH]c4c2)n3C)C1. The second kappa shape index (κ2) is 6.88. The average Bonchev–Trinajstić information content (AvgIpc) is 3.46. The molecule has 1 amide bonds. The molecule has 148 valence electrons. The fraction of sp³-hybridized carbons (Fsp3) is 0.333. The minimum atomic E-state index is 0.171. The second-order valence-electron chi connectivity index (χ2n) is 7.49. The molecule has 4 heterocycles. The molecule has 0 aliphatic carbocycles. The molecule has 0 bridgehead atoms. The number of hydrogen-bond donors (Lipinski definition) is 2. The number of hydrogen-bond acceptors (Lipinski definition) is 5. The molecule has 0 radical (unpaired) electrons. The van der Waals surface area contributed by atoms with Crippen molar-refractivity contribution in [1.29, 1.82) is 0 Å². The van der Waals surface area contributed by atoms with Crippen molar-refractivity contribution in [3.8, 4) is 11.4 Å². The van der Waals surface area contributed by atoms with Crippen LogP contribution < -0.4 is 5.32 Å². The summed E-state index contributed by atoms with van der Waals surface area (Å²) in [6, 6.07) is 8.48. The molecule has 4 aromatic rings. The fourth-order valence-corrected chi connectivity index (χ4v) is 4.07. The number of amides is 1. The number of imidazole rings is 1. The van der Waals surface area contributed by atoms with Crippen molar-refractivity contribution in [3.63, 3.8) is 0 Å². The van der Waals surface area contributed by atoms with Gasteiger partial charge in [0.15, 0.2) is 17.0 Å². The number of nitrogens with zero attached hydrogens (tertiary/aromatic N) is 5. The summed E-state index contributed by atoms with van der Waals surface area (Å²) in [6.07, 6.45) is 4.94. The van der Waals surface area contributed by atoms with Crippen LogP contribution in [0.3, 0.4) is 0 Å². The summed E-state index contributed by atoms with van der Waals surface area (Å²) in [5.74, 6) is 1.75. The smallest absolute Gasteiger partial charge is 0.222 e. The van der Waals surface area contributed by atoms with E-state index in [9.17, 15) is 4.79 Å². The van der Waals surface area contributed by atoms with Crippen molar-refractivity contribution in [2.45, 2.75) is 25.8 Å². The maximum absolute atomic E-state index is 12.0. The molecule has 1 fully saturated rings. The Morgan fingerprint density at radius 3 is 3.07 bits per heavy atom. The third kappa shape index (κ3) is 3.00. The lowest BCUT2D eigenvalue weighted by atomic mass is 10.1. The van der Waals surface area contributed by atoms with E-state index in [1.54, 1.807) is 6.33 Å². The summed E-state index contributed by atoms with van der Waals surface area (Å²) in [6.45, 7) is 3.38. The van der Waals surface area contributed by atoms with Gasteiger partial charge < -0.3 is 19.8 Å². The predicted octanol–water partition coefficient (Wildman–Crippen LogP) is 2.93. The first-order valence-corrected chi connectivity index (χ1v) is 9.93. The monoisotopic (exact) mass is 389 g/mol. The second-order valence-corrected chi connectivity index (χ2v) is 7.49. The van der Waals surface area contributed by atoms with E-state index in [-0.39, 0.29) is 11.9 Å². The van der Waals surface area contributed by atoms with Crippen molar-refractivity contribution in [2.75, 3.05) is 18.4 Å². The average molecular weight is 389 g/mol. The number of rotatable bonds is 4. The lowest BCUT2D eigenvalue weighted by Crippen LogP contribution is -2.31. The Kier molecular flexibility index (Phi) is 4.19. The van der Waals surface area contributed by atoms with Gasteiger partial charge in [-0.2, -0.15) is 0 Å². The molecule has 2 N–H and O–H groups in total. The lowest BCUT2D eigenvalue weighted by molar-refractivity contribution is -0.129. The van der Waals surface area contributed by atoms with Crippen LogP contribution in [-0.2, 0) is 11.8 Å². The van der Waals surface area contributed by atoms with E-state index < -0.39 is 0 Å². The Balaban J connectivity index is 1.48. The Morgan fingerprint density at radius 1 is 1.31 bits per heavy atom. The first-order valence-electron chi connectivity index (χ1n) is 9.93. The van der Waals surface area contributed by atoms with Gasteiger partial charge in [0.1, 0.15) is 12.2 Å². The summed E-state index contributed by atoms with van der Waals surface area (Å²) in [5.41, 5.74) is 3.62. The topological polar surface area (TPSA) is 91.7 Å². The zero-order valence-electron chi connectivity index (χ0n) is 16.5. The Morgan fingerprint density at radius 2 is 2.21 bits per heavy atom. The van der Waals surface area contributed by atoms with Gasteiger partial charge in [-0.15, -0.1) is 0 Å². The Bertz CT molecular complexity index is 1210. The molecule has 8 nitrogen and oxygen atoms in total. The van der Waals surface area contributed by atoms with Gasteiger partial charge >= 0.3 is 0 Å². The third-order valence-corrected chi connectivity index (χ3v) is 5.65. The summed E-state index contributed by atoms with van der Waals surface area (Å²) in [4.78, 5) is 30.9. The Hall–Kier alpha value is -3.42. The maximum atomic E-state index is 12.0. The number of fused-ring (bicyclic) bond motifs is 2. The van der Waals surface area contributed by atoms with Gasteiger partial charge in [-0.05, 0) is 23.9 Å². The minimum absolute atomic E-state index is 0.171. The zero-order valence-corrected chi connectivity index (χ0v) is 16.5. The van der Waals surface area contributed by atoms with Crippen molar-refractivity contribution in [1.82, 2.24) is 29.4 Å². The van der Waals surface area contributed by atoms with E-state index in [1.807, 2.05) is 29.6 Å². The molecular formula is C21H23N7O. The van der Waals surface area contributed by atoms with E-state index in [0.29, 0.717) is 18.8 Å². The summed E-state index contributed by atoms with van der Waals surface area (Å²) in [7, 11) is 1.97. The quantitative estimate of drug-likeness (QED) is 0.560. The number of anilines is 1. The largest absolute Gasteiger partial charge is 0.364 e. The summed E-state index contributed by atoms with van der Waals surface area (Å²) in [5, 5.41) is 4.65. The van der Waals surface area contributed by atoms with E-state index in [1.165, 1.54) is 5.39 Å². The predicted molar refractivity (Wildman–Crippen MR) is 112 cm³/mol. The number of aromatic nitrogens is 5. The number of nitrogens with one attached hydrogen (secondary N) is 2. The van der Waals surface area contributed by atoms with E-state index >= 15 is 0 Å². The highest BCUT2D eigenvalue weighted by Crippen LogP contribution is 2.28. The van der Waals surface area contributed by atoms with Gasteiger partial charge in [0.2, 0.25) is 5.91 Å². The van der Waals surface area contributed by atoms with Crippen LogP contribution in [0.1, 0.15) is 19.8 Å². The standard InChI is InChI=1S/C21H23N7O/c1-3-17(29)28-9-7-15(11-28)25-19-18-21(24-12-23-19)27(2)20(26-18)14-5-4-13-6-8-22-16(13)10-14/h4-6,8,10,12,15,22H,3,7,9,11H2,1-2H3,(H,23,24,25). The molecule has 0 spiro atoms. The number of carbonyl (C=O) groups is 1. The Labute approximate surface area is 168 Å². The minimum Gasteiger partial charge on any atom is -0.364 e. The molecule has 1 atom stereocenters. The number of carbonyl (C=O) groups excluding carboxylic acids is 1. The number of benzene rings is 1. The van der Waals surface area contributed by atoms with Gasteiger partial charge in [-0.1, -0.05) is 19.1 Å². The van der Waals surface area contributed by atoms with Crippen molar-refractivity contribution >= 4 is 33.8 Å². The van der Waals surface area contributed by atoms with Crippen LogP contribution in [-0.4, -0.2) is 54.4 Å². The number of likely N-dealkylation sites (tertiary alicyclic amines) is 1. The molecule has 0 saturated carbocycles. The van der Waals surface area contributed by atoms with Crippen LogP contribution in [0.2, 0.25) is 0 Å². The molecule has 1 unspecified atom stereocenters. The van der Waals surface area contributed by atoms with Crippen molar-refractivity contribution < 1.29 is 4.79 Å². The third-order valence-electron chi connectivity index (χ3n) is 5.65. The number of aryl methyl sites for hydroxylation is 1. The van der Waals surface area contributed by atoms with Crippen LogP contribution in [0.4, 0.5) is 5.82 Å². The first kappa shape index (κ1) is 17.7. The highest BCUT2D eigenvalue weighted by Gasteiger charge is 2.26. The molecule has 29 heavy (non-hydrogen) atoms. The highest BCUT2D eigenvalue weighted by atomic mass is 16.2.